The van der Waals surface area contributed by atoms with Crippen molar-refractivity contribution < 1.29 is 14.3 Å². The van der Waals surface area contributed by atoms with Gasteiger partial charge in [-0.2, -0.15) is 5.26 Å². The van der Waals surface area contributed by atoms with E-state index in [2.05, 4.69) is 15.3 Å². The molecule has 0 radical (unpaired) electrons. The predicted octanol–water partition coefficient (Wildman–Crippen LogP) is 2.56. The molecule has 3 aromatic rings. The minimum atomic E-state index is -1.48. The summed E-state index contributed by atoms with van der Waals surface area (Å²) in [7, 11) is 0. The summed E-state index contributed by atoms with van der Waals surface area (Å²) in [6, 6.07) is 5.60. The van der Waals surface area contributed by atoms with Gasteiger partial charge in [0.2, 0.25) is 5.91 Å². The molecule has 2 atom stereocenters. The van der Waals surface area contributed by atoms with Gasteiger partial charge in [0.1, 0.15) is 11.4 Å². The lowest BCUT2D eigenvalue weighted by Crippen LogP contribution is -2.29. The number of carbonyl (C=O) groups excluding carboxylic acids is 1. The molecule has 0 saturated carbocycles. The average Bonchev–Trinajstić information content (AvgIpc) is 3.35. The lowest BCUT2D eigenvalue weighted by molar-refractivity contribution is -0.121. The number of nitriles is 1. The normalized spacial score (nSPS) is 20.9. The van der Waals surface area contributed by atoms with Crippen molar-refractivity contribution in [2.24, 2.45) is 0 Å². The summed E-state index contributed by atoms with van der Waals surface area (Å²) < 4.78 is 16.2. The number of nitrogens with zero attached hydrogens (tertiary/aromatic N) is 4. The van der Waals surface area contributed by atoms with Gasteiger partial charge in [-0.25, -0.2) is 14.4 Å². The molecule has 9 heteroatoms. The van der Waals surface area contributed by atoms with Crippen LogP contribution in [0.2, 0.25) is 0 Å². The minimum absolute atomic E-state index is 0.124. The van der Waals surface area contributed by atoms with Gasteiger partial charge in [0.05, 0.1) is 42.3 Å². The molecular formula is C18H14FN5O2S. The van der Waals surface area contributed by atoms with E-state index in [9.17, 15) is 14.3 Å². The molecule has 2 unspecified atom stereocenters. The van der Waals surface area contributed by atoms with Crippen LogP contribution in [0.5, 0.6) is 0 Å². The Morgan fingerprint density at radius 3 is 3.11 bits per heavy atom. The Morgan fingerprint density at radius 2 is 2.41 bits per heavy atom. The Hall–Kier alpha value is -3.09. The maximum absolute atomic E-state index is 14.5. The number of thiazole rings is 1. The topological polar surface area (TPSA) is 104 Å². The minimum Gasteiger partial charge on any atom is -0.383 e. The number of anilines is 1. The van der Waals surface area contributed by atoms with Crippen LogP contribution in [0.1, 0.15) is 35.7 Å². The first-order valence-electron chi connectivity index (χ1n) is 8.14. The van der Waals surface area contributed by atoms with Crippen molar-refractivity contribution in [2.45, 2.75) is 24.5 Å². The Kier molecular flexibility index (Phi) is 4.22. The molecule has 0 bridgehead atoms. The van der Waals surface area contributed by atoms with Crippen LogP contribution in [-0.2, 0) is 10.4 Å². The van der Waals surface area contributed by atoms with Crippen molar-refractivity contribution in [2.75, 3.05) is 5.32 Å². The van der Waals surface area contributed by atoms with Crippen molar-refractivity contribution in [3.05, 3.63) is 64.9 Å². The maximum atomic E-state index is 14.5. The highest BCUT2D eigenvalue weighted by atomic mass is 32.1. The third-order valence-electron chi connectivity index (χ3n) is 4.63. The van der Waals surface area contributed by atoms with Crippen molar-refractivity contribution in [3.63, 3.8) is 0 Å². The van der Waals surface area contributed by atoms with Crippen LogP contribution in [-0.4, -0.2) is 25.5 Å². The van der Waals surface area contributed by atoms with Gasteiger partial charge in [0, 0.05) is 23.6 Å². The number of aromatic nitrogens is 3. The largest absolute Gasteiger partial charge is 0.383 e. The van der Waals surface area contributed by atoms with E-state index in [0.717, 1.165) is 0 Å². The van der Waals surface area contributed by atoms with Crippen LogP contribution >= 0.6 is 11.3 Å². The fourth-order valence-electron chi connectivity index (χ4n) is 3.44. The van der Waals surface area contributed by atoms with Gasteiger partial charge in [-0.15, -0.1) is 11.3 Å². The predicted molar refractivity (Wildman–Crippen MR) is 95.4 cm³/mol. The number of benzene rings is 1. The summed E-state index contributed by atoms with van der Waals surface area (Å²) in [6.45, 7) is 0. The SMILES string of the molecule is N#Cc1ccc(C2CC(O)(CC(=O)Nc3nccs3)c3cncn32)c(F)c1. The molecule has 0 aliphatic carbocycles. The second kappa shape index (κ2) is 6.57. The molecule has 0 saturated heterocycles. The fourth-order valence-corrected chi connectivity index (χ4v) is 3.99. The molecule has 27 heavy (non-hydrogen) atoms. The van der Waals surface area contributed by atoms with Crippen LogP contribution < -0.4 is 5.32 Å². The van der Waals surface area contributed by atoms with Crippen molar-refractivity contribution in [1.82, 2.24) is 14.5 Å². The van der Waals surface area contributed by atoms with Gasteiger partial charge in [-0.3, -0.25) is 4.79 Å². The fraction of sp³-hybridized carbons (Fsp3) is 0.222. The summed E-state index contributed by atoms with van der Waals surface area (Å²) in [5.74, 6) is -0.920. The molecule has 0 spiro atoms. The zero-order valence-corrected chi connectivity index (χ0v) is 14.8. The second-order valence-electron chi connectivity index (χ2n) is 6.35. The van der Waals surface area contributed by atoms with Gasteiger partial charge in [0.25, 0.3) is 0 Å². The number of hydrogen-bond donors (Lipinski definition) is 2. The highest BCUT2D eigenvalue weighted by Crippen LogP contribution is 2.45. The molecular weight excluding hydrogens is 369 g/mol. The van der Waals surface area contributed by atoms with Crippen LogP contribution in [0, 0.1) is 17.1 Å². The van der Waals surface area contributed by atoms with Crippen LogP contribution in [0.3, 0.4) is 0 Å². The Labute approximate surface area is 157 Å². The van der Waals surface area contributed by atoms with Gasteiger partial charge < -0.3 is 15.0 Å². The Morgan fingerprint density at radius 1 is 1.56 bits per heavy atom. The molecule has 1 aliphatic rings. The van der Waals surface area contributed by atoms with E-state index in [1.165, 1.54) is 42.1 Å². The molecule has 2 aromatic heterocycles. The molecule has 1 aromatic carbocycles. The number of hydrogen-bond acceptors (Lipinski definition) is 6. The molecule has 136 valence electrons. The second-order valence-corrected chi connectivity index (χ2v) is 7.24. The first kappa shape index (κ1) is 17.3. The molecule has 4 rings (SSSR count). The van der Waals surface area contributed by atoms with Crippen molar-refractivity contribution >= 4 is 22.4 Å². The van der Waals surface area contributed by atoms with Crippen molar-refractivity contribution in [1.29, 1.82) is 5.26 Å². The third kappa shape index (κ3) is 3.09. The van der Waals surface area contributed by atoms with Gasteiger partial charge in [-0.05, 0) is 12.1 Å². The van der Waals surface area contributed by atoms with E-state index < -0.39 is 17.5 Å². The summed E-state index contributed by atoms with van der Waals surface area (Å²) in [4.78, 5) is 20.4. The maximum Gasteiger partial charge on any atom is 0.229 e. The molecule has 7 nitrogen and oxygen atoms in total. The zero-order chi connectivity index (χ0) is 19.0. The lowest BCUT2D eigenvalue weighted by atomic mass is 9.90. The van der Waals surface area contributed by atoms with Crippen LogP contribution in [0.4, 0.5) is 9.52 Å². The Bertz CT molecular complexity index is 1040. The highest BCUT2D eigenvalue weighted by molar-refractivity contribution is 7.13. The summed E-state index contributed by atoms with van der Waals surface area (Å²) in [6.07, 6.45) is 4.49. The van der Waals surface area contributed by atoms with Gasteiger partial charge >= 0.3 is 0 Å². The third-order valence-corrected chi connectivity index (χ3v) is 5.32. The summed E-state index contributed by atoms with van der Waals surface area (Å²) in [5.41, 5.74) is -0.476. The van der Waals surface area contributed by atoms with Crippen LogP contribution in [0.25, 0.3) is 0 Å². The molecule has 1 aliphatic heterocycles. The molecule has 3 heterocycles. The molecule has 0 fully saturated rings. The monoisotopic (exact) mass is 383 g/mol. The lowest BCUT2D eigenvalue weighted by Gasteiger charge is -2.21. The number of nitrogens with one attached hydrogen (secondary N) is 1. The summed E-state index contributed by atoms with van der Waals surface area (Å²) in [5, 5.41) is 24.9. The van der Waals surface area contributed by atoms with E-state index in [4.69, 9.17) is 5.26 Å². The van der Waals surface area contributed by atoms with E-state index >= 15 is 0 Å². The first-order chi connectivity index (χ1) is 13.0. The number of rotatable bonds is 4. The van der Waals surface area contributed by atoms with Crippen LogP contribution in [0.15, 0.2) is 42.3 Å². The number of halogens is 1. The number of fused-ring (bicyclic) bond motifs is 1. The number of aliphatic hydroxyl groups is 1. The van der Waals surface area contributed by atoms with E-state index in [0.29, 0.717) is 16.4 Å². The number of imidazole rings is 1. The Balaban J connectivity index is 1.62. The van der Waals surface area contributed by atoms with Gasteiger partial charge in [0.15, 0.2) is 5.13 Å². The standard InChI is InChI=1S/C18H14FN5O2S/c19-13-5-11(8-20)1-2-12(13)14-6-18(26,15-9-21-10-24(14)15)7-16(25)23-17-22-3-4-27-17/h1-5,9-10,14,26H,6-7H2,(H,22,23,25). The summed E-state index contributed by atoms with van der Waals surface area (Å²) >= 11 is 1.28. The van der Waals surface area contributed by atoms with Crippen molar-refractivity contribution in [3.8, 4) is 6.07 Å². The number of carbonyl (C=O) groups is 1. The molecule has 2 N–H and O–H groups in total. The highest BCUT2D eigenvalue weighted by Gasteiger charge is 2.45. The quantitative estimate of drug-likeness (QED) is 0.721. The number of amides is 1. The smallest absolute Gasteiger partial charge is 0.229 e. The average molecular weight is 383 g/mol. The van der Waals surface area contributed by atoms with Gasteiger partial charge in [-0.1, -0.05) is 6.07 Å². The van der Waals surface area contributed by atoms with E-state index in [1.54, 1.807) is 16.1 Å². The first-order valence-corrected chi connectivity index (χ1v) is 9.02. The zero-order valence-electron chi connectivity index (χ0n) is 14.0. The molecule has 1 amide bonds. The van der Waals surface area contributed by atoms with E-state index in [1.807, 2.05) is 6.07 Å². The van der Waals surface area contributed by atoms with E-state index in [-0.39, 0.29) is 24.3 Å².